The van der Waals surface area contributed by atoms with E-state index >= 15 is 0 Å². The van der Waals surface area contributed by atoms with Gasteiger partial charge in [-0.3, -0.25) is 4.79 Å². The third kappa shape index (κ3) is 3.84. The van der Waals surface area contributed by atoms with Crippen LogP contribution in [0.15, 0.2) is 6.07 Å². The van der Waals surface area contributed by atoms with Gasteiger partial charge in [-0.1, -0.05) is 11.6 Å². The van der Waals surface area contributed by atoms with Crippen molar-refractivity contribution in [2.24, 2.45) is 0 Å². The summed E-state index contributed by atoms with van der Waals surface area (Å²) in [5.74, 6) is 1.70. The van der Waals surface area contributed by atoms with E-state index < -0.39 is 0 Å². The molecule has 0 aromatic carbocycles. The van der Waals surface area contributed by atoms with Crippen molar-refractivity contribution < 1.29 is 9.53 Å². The third-order valence-electron chi connectivity index (χ3n) is 2.60. The SMILES string of the molecule is CCOC(=O)CCNc1cc(Cl)nc(C2CC2)n1. The minimum Gasteiger partial charge on any atom is -0.466 e. The van der Waals surface area contributed by atoms with Crippen LogP contribution in [-0.4, -0.2) is 29.1 Å². The van der Waals surface area contributed by atoms with E-state index in [2.05, 4.69) is 15.3 Å². The predicted molar refractivity (Wildman–Crippen MR) is 68.8 cm³/mol. The van der Waals surface area contributed by atoms with Crippen molar-refractivity contribution in [3.05, 3.63) is 17.0 Å². The first-order valence-corrected chi connectivity index (χ1v) is 6.51. The van der Waals surface area contributed by atoms with Crippen LogP contribution in [0.2, 0.25) is 5.15 Å². The van der Waals surface area contributed by atoms with Gasteiger partial charge in [0.2, 0.25) is 0 Å². The Morgan fingerprint density at radius 1 is 1.56 bits per heavy atom. The van der Waals surface area contributed by atoms with Crippen LogP contribution in [0, 0.1) is 0 Å². The molecule has 98 valence electrons. The van der Waals surface area contributed by atoms with E-state index in [4.69, 9.17) is 16.3 Å². The first kappa shape index (κ1) is 13.1. The second-order valence-electron chi connectivity index (χ2n) is 4.19. The number of esters is 1. The molecule has 5 nitrogen and oxygen atoms in total. The van der Waals surface area contributed by atoms with Gasteiger partial charge in [0.05, 0.1) is 13.0 Å². The van der Waals surface area contributed by atoms with Crippen molar-refractivity contribution in [2.45, 2.75) is 32.1 Å². The molecule has 1 aromatic heterocycles. The minimum absolute atomic E-state index is 0.215. The number of anilines is 1. The van der Waals surface area contributed by atoms with Crippen molar-refractivity contribution in [2.75, 3.05) is 18.5 Å². The van der Waals surface area contributed by atoms with Gasteiger partial charge < -0.3 is 10.1 Å². The number of hydrogen-bond acceptors (Lipinski definition) is 5. The highest BCUT2D eigenvalue weighted by Crippen LogP contribution is 2.38. The number of nitrogens with zero attached hydrogens (tertiary/aromatic N) is 2. The van der Waals surface area contributed by atoms with Gasteiger partial charge in [0.1, 0.15) is 16.8 Å². The third-order valence-corrected chi connectivity index (χ3v) is 2.79. The molecule has 1 saturated carbocycles. The maximum Gasteiger partial charge on any atom is 0.307 e. The van der Waals surface area contributed by atoms with Crippen LogP contribution in [0.4, 0.5) is 5.82 Å². The monoisotopic (exact) mass is 269 g/mol. The number of hydrogen-bond donors (Lipinski definition) is 1. The average Bonchev–Trinajstić information content (AvgIpc) is 3.12. The van der Waals surface area contributed by atoms with Gasteiger partial charge in [-0.05, 0) is 19.8 Å². The summed E-state index contributed by atoms with van der Waals surface area (Å²) in [5, 5.41) is 3.50. The summed E-state index contributed by atoms with van der Waals surface area (Å²) in [6, 6.07) is 1.67. The number of ether oxygens (including phenoxy) is 1. The van der Waals surface area contributed by atoms with Crippen molar-refractivity contribution in [3.63, 3.8) is 0 Å². The Labute approximate surface area is 111 Å². The van der Waals surface area contributed by atoms with Crippen LogP contribution < -0.4 is 5.32 Å². The number of halogens is 1. The molecule has 1 heterocycles. The second kappa shape index (κ2) is 6.00. The fourth-order valence-electron chi connectivity index (χ4n) is 1.58. The fraction of sp³-hybridized carbons (Fsp3) is 0.583. The second-order valence-corrected chi connectivity index (χ2v) is 4.58. The number of aromatic nitrogens is 2. The smallest absolute Gasteiger partial charge is 0.307 e. The Morgan fingerprint density at radius 3 is 3.00 bits per heavy atom. The molecule has 18 heavy (non-hydrogen) atoms. The maximum atomic E-state index is 11.2. The largest absolute Gasteiger partial charge is 0.466 e. The summed E-state index contributed by atoms with van der Waals surface area (Å²) >= 11 is 5.93. The summed E-state index contributed by atoms with van der Waals surface area (Å²) in [5.41, 5.74) is 0. The Hall–Kier alpha value is -1.36. The van der Waals surface area contributed by atoms with Gasteiger partial charge in [0.25, 0.3) is 0 Å². The highest BCUT2D eigenvalue weighted by Gasteiger charge is 2.27. The summed E-state index contributed by atoms with van der Waals surface area (Å²) in [6.45, 7) is 2.68. The number of rotatable bonds is 6. The van der Waals surface area contributed by atoms with Crippen LogP contribution in [0.5, 0.6) is 0 Å². The summed E-state index contributed by atoms with van der Waals surface area (Å²) in [7, 11) is 0. The van der Waals surface area contributed by atoms with Crippen LogP contribution in [-0.2, 0) is 9.53 Å². The zero-order valence-corrected chi connectivity index (χ0v) is 11.0. The molecule has 1 aromatic rings. The highest BCUT2D eigenvalue weighted by molar-refractivity contribution is 6.29. The van der Waals surface area contributed by atoms with Crippen molar-refractivity contribution in [1.82, 2.24) is 9.97 Å². The molecule has 0 amide bonds. The fourth-order valence-corrected chi connectivity index (χ4v) is 1.77. The van der Waals surface area contributed by atoms with Gasteiger partial charge in [-0.2, -0.15) is 0 Å². The first-order chi connectivity index (χ1) is 8.69. The Morgan fingerprint density at radius 2 is 2.33 bits per heavy atom. The van der Waals surface area contributed by atoms with E-state index in [1.54, 1.807) is 13.0 Å². The minimum atomic E-state index is -0.215. The molecule has 1 aliphatic carbocycles. The Bertz CT molecular complexity index is 435. The van der Waals surface area contributed by atoms with E-state index in [1.165, 1.54) is 0 Å². The van der Waals surface area contributed by atoms with Crippen LogP contribution in [0.1, 0.15) is 37.9 Å². The van der Waals surface area contributed by atoms with Gasteiger partial charge in [-0.25, -0.2) is 9.97 Å². The molecular weight excluding hydrogens is 254 g/mol. The van der Waals surface area contributed by atoms with E-state index in [9.17, 15) is 4.79 Å². The van der Waals surface area contributed by atoms with E-state index in [0.717, 1.165) is 18.7 Å². The molecule has 0 atom stereocenters. The van der Waals surface area contributed by atoms with Gasteiger partial charge in [0, 0.05) is 18.5 Å². The standard InChI is InChI=1S/C12H16ClN3O2/c1-2-18-11(17)5-6-14-10-7-9(13)15-12(16-10)8-3-4-8/h7-8H,2-6H2,1H3,(H,14,15,16). The van der Waals surface area contributed by atoms with E-state index in [-0.39, 0.29) is 5.97 Å². The van der Waals surface area contributed by atoms with E-state index in [0.29, 0.717) is 36.5 Å². The zero-order chi connectivity index (χ0) is 13.0. The van der Waals surface area contributed by atoms with Crippen LogP contribution >= 0.6 is 11.6 Å². The predicted octanol–water partition coefficient (Wildman–Crippen LogP) is 2.37. The van der Waals surface area contributed by atoms with Crippen molar-refractivity contribution in [1.29, 1.82) is 0 Å². The molecule has 0 bridgehead atoms. The molecular formula is C12H16ClN3O2. The molecule has 0 spiro atoms. The lowest BCUT2D eigenvalue weighted by Gasteiger charge is -2.07. The number of carbonyl (C=O) groups is 1. The summed E-state index contributed by atoms with van der Waals surface area (Å²) < 4.78 is 4.84. The highest BCUT2D eigenvalue weighted by atomic mass is 35.5. The zero-order valence-electron chi connectivity index (χ0n) is 10.3. The molecule has 0 saturated heterocycles. The molecule has 2 rings (SSSR count). The normalized spacial score (nSPS) is 14.3. The summed E-state index contributed by atoms with van der Waals surface area (Å²) in [6.07, 6.45) is 2.57. The number of nitrogens with one attached hydrogen (secondary N) is 1. The maximum absolute atomic E-state index is 11.2. The van der Waals surface area contributed by atoms with Crippen LogP contribution in [0.25, 0.3) is 0 Å². The molecule has 0 radical (unpaired) electrons. The Kier molecular flexibility index (Phi) is 4.36. The van der Waals surface area contributed by atoms with E-state index in [1.807, 2.05) is 0 Å². The molecule has 1 N–H and O–H groups in total. The van der Waals surface area contributed by atoms with Crippen molar-refractivity contribution in [3.8, 4) is 0 Å². The molecule has 1 fully saturated rings. The molecule has 0 aliphatic heterocycles. The lowest BCUT2D eigenvalue weighted by molar-refractivity contribution is -0.142. The van der Waals surface area contributed by atoms with Crippen molar-refractivity contribution >= 4 is 23.4 Å². The molecule has 6 heteroatoms. The lowest BCUT2D eigenvalue weighted by Crippen LogP contribution is -2.12. The number of carbonyl (C=O) groups excluding carboxylic acids is 1. The van der Waals surface area contributed by atoms with Gasteiger partial charge in [0.15, 0.2) is 0 Å². The summed E-state index contributed by atoms with van der Waals surface area (Å²) in [4.78, 5) is 19.7. The molecule has 0 unspecified atom stereocenters. The Balaban J connectivity index is 1.86. The van der Waals surface area contributed by atoms with Gasteiger partial charge >= 0.3 is 5.97 Å². The first-order valence-electron chi connectivity index (χ1n) is 6.13. The average molecular weight is 270 g/mol. The lowest BCUT2D eigenvalue weighted by atomic mass is 10.4. The van der Waals surface area contributed by atoms with Crippen LogP contribution in [0.3, 0.4) is 0 Å². The quantitative estimate of drug-likeness (QED) is 0.634. The topological polar surface area (TPSA) is 64.1 Å². The van der Waals surface area contributed by atoms with Gasteiger partial charge in [-0.15, -0.1) is 0 Å². The molecule has 1 aliphatic rings.